The fourth-order valence-corrected chi connectivity index (χ4v) is 13.3. The Hall–Kier alpha value is -8.92. The predicted molar refractivity (Wildman–Crippen MR) is 380 cm³/mol. The van der Waals surface area contributed by atoms with Crippen LogP contribution in [-0.2, 0) is 111 Å². The second-order valence-electron chi connectivity index (χ2n) is 25.9. The molecule has 0 saturated carbocycles. The first-order valence-corrected chi connectivity index (χ1v) is 35.5. The van der Waals surface area contributed by atoms with Crippen molar-refractivity contribution in [3.05, 3.63) is 281 Å². The minimum absolute atomic E-state index is 0.00337. The Kier molecular flexibility index (Phi) is 27.7. The van der Waals surface area contributed by atoms with Crippen LogP contribution in [-0.4, -0.2) is 172 Å². The average Bonchev–Trinajstić information content (AvgIpc) is 1.42. The highest BCUT2D eigenvalue weighted by molar-refractivity contribution is 6.21. The molecule has 15 atom stereocenters. The van der Waals surface area contributed by atoms with Crippen molar-refractivity contribution in [2.75, 3.05) is 40.6 Å². The summed E-state index contributed by atoms with van der Waals surface area (Å²) >= 11 is 0. The van der Waals surface area contributed by atoms with Crippen LogP contribution in [0.4, 0.5) is 0 Å². The van der Waals surface area contributed by atoms with E-state index in [2.05, 4.69) is 0 Å². The number of amides is 2. The van der Waals surface area contributed by atoms with Crippen LogP contribution in [0.15, 0.2) is 231 Å². The number of unbranched alkanes of at least 4 members (excludes halogenated alkanes) is 2. The van der Waals surface area contributed by atoms with Crippen molar-refractivity contribution in [1.82, 2.24) is 4.90 Å². The molecule has 0 unspecified atom stereocenters. The molecule has 3 saturated heterocycles. The lowest BCUT2D eigenvalue weighted by molar-refractivity contribution is -0.384. The number of aliphatic hydroxyl groups is 2. The number of carbonyl (C=O) groups excluding carboxylic acids is 4. The van der Waals surface area contributed by atoms with Gasteiger partial charge in [-0.2, -0.15) is 0 Å². The van der Waals surface area contributed by atoms with Crippen LogP contribution >= 0.6 is 0 Å². The lowest BCUT2D eigenvalue weighted by Crippen LogP contribution is -2.70. The van der Waals surface area contributed by atoms with E-state index in [1.54, 1.807) is 73.8 Å². The monoisotopic (exact) mass is 1440 g/mol. The van der Waals surface area contributed by atoms with Crippen LogP contribution in [0.2, 0.25) is 0 Å². The number of esters is 2. The van der Waals surface area contributed by atoms with Gasteiger partial charge in [-0.05, 0) is 82.6 Å². The SMILES string of the molecule is COC(=O)CCCCCO[C@@H]1O[C@H](COCc2ccc(OC)cc2)[C@@H](O[C@@H]2O[C@H](CO)[C@H](O)[C@H](O[C@H]3O[C@H](COCc4ccccc4)[C@@H](OCc4ccccc4)[C@H](OCc4ccccc4)[C@H]3OCc3ccccc3)[C@H]2OC(=O)c2ccccc2)[C@H](OCc2ccccc2)[C@H]1N1C(=O)c2ccccc2C1=O. The minimum atomic E-state index is -1.86. The zero-order valence-electron chi connectivity index (χ0n) is 58.6. The molecule has 2 amide bonds. The largest absolute Gasteiger partial charge is 0.497 e. The Morgan fingerprint density at radius 3 is 1.36 bits per heavy atom. The standard InChI is InChI=1S/C83H89NO21/c1-91-62-43-41-60(42-44-62)48-94-54-67-72(73(97-50-57-30-14-5-15-31-57)69(81(101-67)95-45-25-9-22-40-68(86)92-2)84-78(88)63-38-23-24-39-64(63)79(84)89)104-83-77(103-80(90)61-36-20-8-21-37-61)74(70(87)65(46-85)100-83)105-82-76(99-52-59-34-18-7-19-35-59)75(98-51-58-32-16-6-17-33-58)71(96-49-56-28-12-4-13-29-56)66(102-82)53-93-47-55-26-10-3-11-27-55/h3-8,10-21,23-24,26-39,41-44,65-67,69-77,81-83,85,87H,9,22,25,40,45-54H2,1-2H3/t65-,66-,67-,69-,70+,71-,72-,73-,74+,75+,76-,77-,81-,82-,83+/m1/s1. The fourth-order valence-electron chi connectivity index (χ4n) is 13.3. The van der Waals surface area contributed by atoms with Crippen molar-refractivity contribution in [2.45, 2.75) is 157 Å². The molecule has 22 heteroatoms. The zero-order valence-corrected chi connectivity index (χ0v) is 58.6. The number of nitrogens with zero attached hydrogens (tertiary/aromatic N) is 1. The van der Waals surface area contributed by atoms with Crippen molar-refractivity contribution in [2.24, 2.45) is 0 Å². The number of fused-ring (bicyclic) bond motifs is 1. The molecule has 552 valence electrons. The number of imide groups is 1. The number of benzene rings is 8. The van der Waals surface area contributed by atoms with E-state index >= 15 is 14.4 Å². The van der Waals surface area contributed by atoms with Gasteiger partial charge in [0.15, 0.2) is 25.0 Å². The van der Waals surface area contributed by atoms with Crippen LogP contribution in [0.25, 0.3) is 0 Å². The second kappa shape index (κ2) is 38.4. The zero-order chi connectivity index (χ0) is 72.7. The van der Waals surface area contributed by atoms with E-state index in [0.29, 0.717) is 30.6 Å². The maximum absolute atomic E-state index is 15.2. The van der Waals surface area contributed by atoms with Crippen molar-refractivity contribution >= 4 is 23.8 Å². The highest BCUT2D eigenvalue weighted by Gasteiger charge is 2.60. The van der Waals surface area contributed by atoms with E-state index in [4.69, 9.17) is 71.1 Å². The van der Waals surface area contributed by atoms with Gasteiger partial charge in [-0.25, -0.2) is 4.79 Å². The molecule has 0 bridgehead atoms. The molecule has 0 aliphatic carbocycles. The molecule has 0 spiro atoms. The van der Waals surface area contributed by atoms with Gasteiger partial charge in [-0.3, -0.25) is 19.3 Å². The molecule has 0 aromatic heterocycles. The van der Waals surface area contributed by atoms with Gasteiger partial charge in [0.05, 0.1) is 90.4 Å². The van der Waals surface area contributed by atoms with E-state index in [0.717, 1.165) is 32.7 Å². The molecule has 8 aromatic rings. The Labute approximate surface area is 610 Å². The fraction of sp³-hybridized carbons (Fsp3) is 0.373. The first kappa shape index (κ1) is 75.8. The maximum atomic E-state index is 15.2. The Morgan fingerprint density at radius 1 is 0.419 bits per heavy atom. The summed E-state index contributed by atoms with van der Waals surface area (Å²) in [5.74, 6) is -1.97. The van der Waals surface area contributed by atoms with Crippen molar-refractivity contribution in [1.29, 1.82) is 0 Å². The number of rotatable bonds is 36. The molecule has 4 aliphatic heterocycles. The molecule has 8 aromatic carbocycles. The number of aliphatic hydroxyl groups excluding tert-OH is 2. The molecule has 4 heterocycles. The third-order valence-electron chi connectivity index (χ3n) is 18.7. The van der Waals surface area contributed by atoms with E-state index in [1.165, 1.54) is 7.11 Å². The van der Waals surface area contributed by atoms with Gasteiger partial charge < -0.3 is 81.3 Å². The number of hydrogen-bond acceptors (Lipinski definition) is 21. The quantitative estimate of drug-likeness (QED) is 0.0210. The number of ether oxygens (including phenoxy) is 15. The number of methoxy groups -OCH3 is 2. The molecular weight excluding hydrogens is 1350 g/mol. The summed E-state index contributed by atoms with van der Waals surface area (Å²) < 4.78 is 101. The molecule has 3 fully saturated rings. The van der Waals surface area contributed by atoms with Gasteiger partial charge in [-0.15, -0.1) is 0 Å². The third kappa shape index (κ3) is 20.0. The molecular formula is C83H89NO21. The summed E-state index contributed by atoms with van der Waals surface area (Å²) in [7, 11) is 2.90. The van der Waals surface area contributed by atoms with Crippen LogP contribution in [0.3, 0.4) is 0 Å². The third-order valence-corrected chi connectivity index (χ3v) is 18.7. The van der Waals surface area contributed by atoms with E-state index < -0.39 is 116 Å². The van der Waals surface area contributed by atoms with Gasteiger partial charge in [-0.1, -0.05) is 201 Å². The van der Waals surface area contributed by atoms with Crippen molar-refractivity contribution < 1.29 is 100 Å². The molecule has 0 radical (unpaired) electrons. The normalized spacial score (nSPS) is 25.1. The molecule has 4 aliphatic rings. The number of carbonyl (C=O) groups is 4. The second-order valence-corrected chi connectivity index (χ2v) is 25.9. The summed E-state index contributed by atoms with van der Waals surface area (Å²) in [4.78, 5) is 58.7. The van der Waals surface area contributed by atoms with E-state index in [-0.39, 0.29) is 88.5 Å². The number of hydrogen-bond donors (Lipinski definition) is 2. The minimum Gasteiger partial charge on any atom is -0.497 e. The Bertz CT molecular complexity index is 3930. The lowest BCUT2D eigenvalue weighted by Gasteiger charge is -2.51. The van der Waals surface area contributed by atoms with Crippen LogP contribution < -0.4 is 4.74 Å². The van der Waals surface area contributed by atoms with Crippen molar-refractivity contribution in [3.8, 4) is 5.75 Å². The average molecular weight is 1440 g/mol. The van der Waals surface area contributed by atoms with Crippen molar-refractivity contribution in [3.63, 3.8) is 0 Å². The lowest BCUT2D eigenvalue weighted by atomic mass is 9.93. The van der Waals surface area contributed by atoms with Gasteiger partial charge in [0, 0.05) is 13.0 Å². The Morgan fingerprint density at radius 2 is 0.848 bits per heavy atom. The van der Waals surface area contributed by atoms with E-state index in [1.807, 2.05) is 164 Å². The summed E-state index contributed by atoms with van der Waals surface area (Å²) in [5, 5.41) is 24.6. The van der Waals surface area contributed by atoms with Gasteiger partial charge in [0.1, 0.15) is 72.8 Å². The molecule has 105 heavy (non-hydrogen) atoms. The summed E-state index contributed by atoms with van der Waals surface area (Å²) in [5.41, 5.74) is 5.17. The predicted octanol–water partition coefficient (Wildman–Crippen LogP) is 10.7. The molecule has 22 nitrogen and oxygen atoms in total. The highest BCUT2D eigenvalue weighted by Crippen LogP contribution is 2.41. The van der Waals surface area contributed by atoms with Gasteiger partial charge in [0.25, 0.3) is 11.8 Å². The first-order chi connectivity index (χ1) is 51.5. The van der Waals surface area contributed by atoms with Crippen LogP contribution in [0.1, 0.15) is 90.1 Å². The summed E-state index contributed by atoms with van der Waals surface area (Å²) in [6.45, 7) is -0.902. The highest BCUT2D eigenvalue weighted by atomic mass is 16.8. The molecule has 12 rings (SSSR count). The topological polar surface area (TPSA) is 250 Å². The Balaban J connectivity index is 0.967. The summed E-state index contributed by atoms with van der Waals surface area (Å²) in [6, 6.07) is 68.0. The van der Waals surface area contributed by atoms with Gasteiger partial charge >= 0.3 is 11.9 Å². The maximum Gasteiger partial charge on any atom is 0.338 e. The van der Waals surface area contributed by atoms with Crippen LogP contribution in [0, 0.1) is 0 Å². The molecule has 2 N–H and O–H groups in total. The van der Waals surface area contributed by atoms with Gasteiger partial charge in [0.2, 0.25) is 0 Å². The first-order valence-electron chi connectivity index (χ1n) is 35.5. The van der Waals surface area contributed by atoms with Crippen LogP contribution in [0.5, 0.6) is 5.75 Å². The summed E-state index contributed by atoms with van der Waals surface area (Å²) in [6.07, 6.45) is -18.6. The smallest absolute Gasteiger partial charge is 0.338 e. The van der Waals surface area contributed by atoms with E-state index in [9.17, 15) is 15.0 Å².